The Morgan fingerprint density at radius 1 is 1.35 bits per heavy atom. The van der Waals surface area contributed by atoms with Gasteiger partial charge in [-0.25, -0.2) is 0 Å². The molecule has 5 nitrogen and oxygen atoms in total. The Labute approximate surface area is 121 Å². The van der Waals surface area contributed by atoms with E-state index < -0.39 is 6.04 Å². The van der Waals surface area contributed by atoms with Gasteiger partial charge in [0.15, 0.2) is 0 Å². The van der Waals surface area contributed by atoms with Crippen molar-refractivity contribution in [2.75, 3.05) is 13.2 Å². The zero-order valence-corrected chi connectivity index (χ0v) is 12.9. The monoisotopic (exact) mass is 282 g/mol. The van der Waals surface area contributed by atoms with E-state index in [1.165, 1.54) is 0 Å². The maximum Gasteiger partial charge on any atom is 0.245 e. The van der Waals surface area contributed by atoms with Crippen LogP contribution in [0.4, 0.5) is 0 Å². The van der Waals surface area contributed by atoms with Crippen molar-refractivity contribution in [2.45, 2.75) is 65.1 Å². The Hall–Kier alpha value is -1.10. The van der Waals surface area contributed by atoms with E-state index in [2.05, 4.69) is 5.32 Å². The lowest BCUT2D eigenvalue weighted by Gasteiger charge is -2.45. The molecule has 0 aromatic carbocycles. The summed E-state index contributed by atoms with van der Waals surface area (Å²) in [4.78, 5) is 26.7. The number of hydrogen-bond donors (Lipinski definition) is 1. The molecule has 2 heterocycles. The average molecular weight is 282 g/mol. The molecule has 2 amide bonds. The fourth-order valence-electron chi connectivity index (χ4n) is 3.12. The molecular formula is C15H26N2O3. The standard InChI is InChI=1S/C15H26N2O3/c1-5-11-14(19)17(9-10-7-6-8-20-10)12(13(18)16-11)15(2,3)4/h10-12H,5-9H2,1-4H3,(H,16,18). The van der Waals surface area contributed by atoms with Crippen LogP contribution in [0.3, 0.4) is 0 Å². The summed E-state index contributed by atoms with van der Waals surface area (Å²) in [6.45, 7) is 9.21. The summed E-state index contributed by atoms with van der Waals surface area (Å²) < 4.78 is 5.64. The van der Waals surface area contributed by atoms with Crippen LogP contribution in [0.25, 0.3) is 0 Å². The third kappa shape index (κ3) is 2.97. The smallest absolute Gasteiger partial charge is 0.245 e. The second-order valence-corrected chi connectivity index (χ2v) is 6.86. The lowest BCUT2D eigenvalue weighted by Crippen LogP contribution is -2.67. The summed E-state index contributed by atoms with van der Waals surface area (Å²) in [5.41, 5.74) is -0.281. The number of piperazine rings is 1. The van der Waals surface area contributed by atoms with Gasteiger partial charge in [0.25, 0.3) is 0 Å². The Morgan fingerprint density at radius 3 is 2.55 bits per heavy atom. The Kier molecular flexibility index (Phi) is 4.37. The van der Waals surface area contributed by atoms with Crippen LogP contribution >= 0.6 is 0 Å². The molecule has 0 aliphatic carbocycles. The van der Waals surface area contributed by atoms with E-state index in [0.717, 1.165) is 19.4 Å². The van der Waals surface area contributed by atoms with Crippen LogP contribution in [-0.4, -0.2) is 48.1 Å². The lowest BCUT2D eigenvalue weighted by molar-refractivity contribution is -0.155. The van der Waals surface area contributed by atoms with Crippen molar-refractivity contribution in [3.8, 4) is 0 Å². The Bertz CT molecular complexity index is 383. The molecule has 2 aliphatic rings. The van der Waals surface area contributed by atoms with Crippen LogP contribution in [0.5, 0.6) is 0 Å². The van der Waals surface area contributed by atoms with Gasteiger partial charge in [-0.3, -0.25) is 9.59 Å². The summed E-state index contributed by atoms with van der Waals surface area (Å²) in [5.74, 6) is -0.00975. The predicted molar refractivity (Wildman–Crippen MR) is 76.2 cm³/mol. The van der Waals surface area contributed by atoms with Crippen LogP contribution in [0.1, 0.15) is 47.0 Å². The molecule has 20 heavy (non-hydrogen) atoms. The number of carbonyl (C=O) groups is 2. The number of carbonyl (C=O) groups excluding carboxylic acids is 2. The highest BCUT2D eigenvalue weighted by Crippen LogP contribution is 2.29. The topological polar surface area (TPSA) is 58.6 Å². The van der Waals surface area contributed by atoms with E-state index in [1.54, 1.807) is 4.90 Å². The van der Waals surface area contributed by atoms with Crippen molar-refractivity contribution in [3.63, 3.8) is 0 Å². The third-order valence-electron chi connectivity index (χ3n) is 4.11. The molecule has 0 aromatic rings. The van der Waals surface area contributed by atoms with E-state index in [-0.39, 0.29) is 29.4 Å². The third-order valence-corrected chi connectivity index (χ3v) is 4.11. The number of hydrogen-bond acceptors (Lipinski definition) is 3. The van der Waals surface area contributed by atoms with Gasteiger partial charge in [0.05, 0.1) is 6.10 Å². The summed E-state index contributed by atoms with van der Waals surface area (Å²) >= 11 is 0. The first kappa shape index (κ1) is 15.3. The summed E-state index contributed by atoms with van der Waals surface area (Å²) in [6.07, 6.45) is 2.71. The second kappa shape index (κ2) is 5.72. The van der Waals surface area contributed by atoms with Gasteiger partial charge in [-0.05, 0) is 24.7 Å². The fraction of sp³-hybridized carbons (Fsp3) is 0.867. The minimum absolute atomic E-state index is 0.0301. The van der Waals surface area contributed by atoms with Gasteiger partial charge in [-0.1, -0.05) is 27.7 Å². The number of rotatable bonds is 3. The number of ether oxygens (including phenoxy) is 1. The molecule has 3 atom stereocenters. The average Bonchev–Trinajstić information content (AvgIpc) is 2.84. The van der Waals surface area contributed by atoms with Crippen molar-refractivity contribution in [1.82, 2.24) is 10.2 Å². The lowest BCUT2D eigenvalue weighted by atomic mass is 9.82. The summed E-state index contributed by atoms with van der Waals surface area (Å²) in [5, 5.41) is 2.86. The molecule has 2 saturated heterocycles. The van der Waals surface area contributed by atoms with Crippen LogP contribution in [-0.2, 0) is 14.3 Å². The largest absolute Gasteiger partial charge is 0.376 e. The van der Waals surface area contributed by atoms with E-state index in [0.29, 0.717) is 13.0 Å². The first-order chi connectivity index (χ1) is 9.34. The first-order valence-electron chi connectivity index (χ1n) is 7.57. The molecule has 114 valence electrons. The van der Waals surface area contributed by atoms with E-state index >= 15 is 0 Å². The van der Waals surface area contributed by atoms with Crippen molar-refractivity contribution >= 4 is 11.8 Å². The molecule has 1 N–H and O–H groups in total. The SMILES string of the molecule is CCC1NC(=O)C(C(C)(C)C)N(CC2CCCO2)C1=O. The molecule has 0 bridgehead atoms. The minimum atomic E-state index is -0.415. The highest BCUT2D eigenvalue weighted by molar-refractivity contribution is 5.97. The predicted octanol–water partition coefficient (Wildman–Crippen LogP) is 1.32. The van der Waals surface area contributed by atoms with Gasteiger partial charge in [0.1, 0.15) is 12.1 Å². The number of nitrogens with zero attached hydrogens (tertiary/aromatic N) is 1. The van der Waals surface area contributed by atoms with Gasteiger partial charge in [-0.15, -0.1) is 0 Å². The van der Waals surface area contributed by atoms with Crippen molar-refractivity contribution in [1.29, 1.82) is 0 Å². The van der Waals surface area contributed by atoms with Crippen molar-refractivity contribution < 1.29 is 14.3 Å². The molecule has 0 radical (unpaired) electrons. The fourth-order valence-corrected chi connectivity index (χ4v) is 3.12. The molecule has 0 aromatic heterocycles. The van der Waals surface area contributed by atoms with Crippen molar-refractivity contribution in [3.05, 3.63) is 0 Å². The normalized spacial score (nSPS) is 31.6. The molecular weight excluding hydrogens is 256 g/mol. The van der Waals surface area contributed by atoms with E-state index in [1.807, 2.05) is 27.7 Å². The zero-order valence-electron chi connectivity index (χ0n) is 12.9. The van der Waals surface area contributed by atoms with E-state index in [9.17, 15) is 9.59 Å². The van der Waals surface area contributed by atoms with Crippen LogP contribution in [0, 0.1) is 5.41 Å². The second-order valence-electron chi connectivity index (χ2n) is 6.86. The van der Waals surface area contributed by atoms with Crippen molar-refractivity contribution in [2.24, 2.45) is 5.41 Å². The molecule has 2 fully saturated rings. The quantitative estimate of drug-likeness (QED) is 0.849. The number of nitrogens with one attached hydrogen (secondary N) is 1. The Balaban J connectivity index is 2.22. The van der Waals surface area contributed by atoms with Gasteiger partial charge in [0.2, 0.25) is 11.8 Å². The molecule has 5 heteroatoms. The Morgan fingerprint density at radius 2 is 2.05 bits per heavy atom. The molecule has 0 saturated carbocycles. The molecule has 2 aliphatic heterocycles. The molecule has 2 rings (SSSR count). The van der Waals surface area contributed by atoms with E-state index in [4.69, 9.17) is 4.74 Å². The maximum absolute atomic E-state index is 12.6. The van der Waals surface area contributed by atoms with Gasteiger partial charge in [0, 0.05) is 13.2 Å². The summed E-state index contributed by atoms with van der Waals surface area (Å²) in [7, 11) is 0. The van der Waals surface area contributed by atoms with Crippen LogP contribution in [0.2, 0.25) is 0 Å². The molecule has 0 spiro atoms. The summed E-state index contributed by atoms with van der Waals surface area (Å²) in [6, 6.07) is -0.801. The van der Waals surface area contributed by atoms with Crippen LogP contribution < -0.4 is 5.32 Å². The highest BCUT2D eigenvalue weighted by Gasteiger charge is 2.46. The molecule has 3 unspecified atom stereocenters. The number of amides is 2. The zero-order chi connectivity index (χ0) is 14.9. The van der Waals surface area contributed by atoms with Crippen LogP contribution in [0.15, 0.2) is 0 Å². The highest BCUT2D eigenvalue weighted by atomic mass is 16.5. The first-order valence-corrected chi connectivity index (χ1v) is 7.57. The van der Waals surface area contributed by atoms with Gasteiger partial charge >= 0.3 is 0 Å². The van der Waals surface area contributed by atoms with Gasteiger partial charge < -0.3 is 15.0 Å². The minimum Gasteiger partial charge on any atom is -0.376 e. The maximum atomic E-state index is 12.6. The van der Waals surface area contributed by atoms with Gasteiger partial charge in [-0.2, -0.15) is 0 Å².